The minimum Gasteiger partial charge on any atom is -0.378 e. The number of Topliss-reactive ketones (excluding diaryl/α,β-unsaturated/α-hetero) is 1. The first kappa shape index (κ1) is 23.9. The fraction of sp³-hybridized carbons (Fsp3) is 0.419. The van der Waals surface area contributed by atoms with E-state index in [1.165, 1.54) is 0 Å². The first-order valence-corrected chi connectivity index (χ1v) is 13.0. The molecule has 2 aliphatic heterocycles. The van der Waals surface area contributed by atoms with Crippen molar-refractivity contribution in [2.75, 3.05) is 58.0 Å². The number of piperazine rings is 1. The van der Waals surface area contributed by atoms with E-state index >= 15 is 0 Å². The van der Waals surface area contributed by atoms with E-state index in [1.54, 1.807) is 7.11 Å². The number of carbonyl (C=O) groups excluding carboxylic acids is 1. The van der Waals surface area contributed by atoms with Gasteiger partial charge in [-0.25, -0.2) is 0 Å². The maximum Gasteiger partial charge on any atom is 0.193 e. The Kier molecular flexibility index (Phi) is 5.92. The fourth-order valence-corrected chi connectivity index (χ4v) is 6.21. The summed E-state index contributed by atoms with van der Waals surface area (Å²) in [6.45, 7) is 10.3. The Morgan fingerprint density at radius 3 is 2.57 bits per heavy atom. The number of nitrogens with zero attached hydrogens (tertiary/aromatic N) is 3. The summed E-state index contributed by atoms with van der Waals surface area (Å²) in [5.74, 6) is 6.48. The lowest BCUT2D eigenvalue weighted by Crippen LogP contribution is -2.56. The number of carbonyl (C=O) groups is 1. The third-order valence-electron chi connectivity index (χ3n) is 8.44. The quantitative estimate of drug-likeness (QED) is 0.610. The molecule has 0 N–H and O–H groups in total. The van der Waals surface area contributed by atoms with Crippen molar-refractivity contribution in [3.8, 4) is 17.9 Å². The molecule has 2 aromatic rings. The molecule has 6 heteroatoms. The molecule has 2 saturated heterocycles. The molecule has 0 radical (unpaired) electrons. The van der Waals surface area contributed by atoms with Gasteiger partial charge in [0.25, 0.3) is 0 Å². The van der Waals surface area contributed by atoms with E-state index in [4.69, 9.17) is 9.47 Å². The number of ether oxygens (including phenoxy) is 2. The third kappa shape index (κ3) is 3.88. The van der Waals surface area contributed by atoms with Gasteiger partial charge in [-0.15, -0.1) is 0 Å². The molecule has 0 atom stereocenters. The predicted molar refractivity (Wildman–Crippen MR) is 143 cm³/mol. The second-order valence-electron chi connectivity index (χ2n) is 10.8. The van der Waals surface area contributed by atoms with Crippen LogP contribution in [-0.4, -0.2) is 69.8 Å². The largest absolute Gasteiger partial charge is 0.378 e. The van der Waals surface area contributed by atoms with Crippen LogP contribution in [0.3, 0.4) is 0 Å². The van der Waals surface area contributed by atoms with Gasteiger partial charge in [0.15, 0.2) is 5.78 Å². The van der Waals surface area contributed by atoms with Crippen LogP contribution in [0, 0.1) is 23.2 Å². The molecule has 0 aromatic heterocycles. The number of hydrogen-bond acceptors (Lipinski definition) is 6. The van der Waals surface area contributed by atoms with Gasteiger partial charge < -0.3 is 14.4 Å². The molecular weight excluding hydrogens is 462 g/mol. The van der Waals surface area contributed by atoms with Crippen molar-refractivity contribution >= 4 is 17.0 Å². The van der Waals surface area contributed by atoms with Crippen molar-refractivity contribution in [3.63, 3.8) is 0 Å². The average molecular weight is 494 g/mol. The summed E-state index contributed by atoms with van der Waals surface area (Å²) in [5.41, 5.74) is 8.06. The van der Waals surface area contributed by atoms with Crippen molar-refractivity contribution in [3.05, 3.63) is 69.3 Å². The topological polar surface area (TPSA) is 65.8 Å². The Labute approximate surface area is 218 Å². The predicted octanol–water partition coefficient (Wildman–Crippen LogP) is 3.56. The highest BCUT2D eigenvalue weighted by Gasteiger charge is 2.43. The molecule has 188 valence electrons. The Balaban J connectivity index is 1.41. The van der Waals surface area contributed by atoms with Crippen LogP contribution in [0.1, 0.15) is 52.0 Å². The lowest BCUT2D eigenvalue weighted by atomic mass is 9.68. The van der Waals surface area contributed by atoms with Crippen LogP contribution in [0.4, 0.5) is 5.69 Å². The van der Waals surface area contributed by atoms with Gasteiger partial charge >= 0.3 is 0 Å². The van der Waals surface area contributed by atoms with Crippen molar-refractivity contribution in [1.29, 1.82) is 5.26 Å². The van der Waals surface area contributed by atoms with Crippen molar-refractivity contribution < 1.29 is 14.3 Å². The van der Waals surface area contributed by atoms with Crippen LogP contribution in [-0.2, 0) is 21.3 Å². The molecule has 4 aliphatic rings. The SMILES string of the molecule is COCC#Cc1cc2c(cc1N1CCN(C3COC3)CC1)C(C)(C)C1=C(C2=O)c2ccc(C#N)cc2C1. The zero-order chi connectivity index (χ0) is 25.7. The molecule has 2 fully saturated rings. The van der Waals surface area contributed by atoms with E-state index in [2.05, 4.69) is 47.6 Å². The zero-order valence-corrected chi connectivity index (χ0v) is 21.7. The van der Waals surface area contributed by atoms with Gasteiger partial charge in [0.1, 0.15) is 6.61 Å². The number of methoxy groups -OCH3 is 1. The summed E-state index contributed by atoms with van der Waals surface area (Å²) in [6, 6.07) is 12.7. The number of allylic oxidation sites excluding steroid dienone is 2. The van der Waals surface area contributed by atoms with E-state index in [-0.39, 0.29) is 11.2 Å². The number of fused-ring (bicyclic) bond motifs is 3. The Hall–Kier alpha value is -3.42. The smallest absolute Gasteiger partial charge is 0.193 e. The van der Waals surface area contributed by atoms with E-state index in [1.807, 2.05) is 24.3 Å². The van der Waals surface area contributed by atoms with Gasteiger partial charge in [0.05, 0.1) is 36.6 Å². The maximum absolute atomic E-state index is 14.0. The molecule has 2 heterocycles. The summed E-state index contributed by atoms with van der Waals surface area (Å²) in [4.78, 5) is 18.9. The maximum atomic E-state index is 14.0. The third-order valence-corrected chi connectivity index (χ3v) is 8.44. The minimum atomic E-state index is -0.317. The lowest BCUT2D eigenvalue weighted by molar-refractivity contribution is -0.0660. The fourth-order valence-electron chi connectivity index (χ4n) is 6.21. The molecule has 2 aromatic carbocycles. The van der Waals surface area contributed by atoms with Crippen LogP contribution in [0.15, 0.2) is 35.9 Å². The Morgan fingerprint density at radius 1 is 1.11 bits per heavy atom. The van der Waals surface area contributed by atoms with E-state index < -0.39 is 0 Å². The first-order valence-electron chi connectivity index (χ1n) is 13.0. The molecule has 0 bridgehead atoms. The summed E-state index contributed by atoms with van der Waals surface area (Å²) in [5, 5.41) is 9.40. The van der Waals surface area contributed by atoms with Crippen LogP contribution in [0.5, 0.6) is 0 Å². The van der Waals surface area contributed by atoms with E-state index in [9.17, 15) is 10.1 Å². The molecule has 2 aliphatic carbocycles. The van der Waals surface area contributed by atoms with Gasteiger partial charge in [-0.3, -0.25) is 9.69 Å². The molecule has 0 unspecified atom stereocenters. The summed E-state index contributed by atoms with van der Waals surface area (Å²) < 4.78 is 10.6. The highest BCUT2D eigenvalue weighted by atomic mass is 16.5. The zero-order valence-electron chi connectivity index (χ0n) is 21.7. The number of rotatable bonds is 3. The van der Waals surface area contributed by atoms with E-state index in [0.29, 0.717) is 24.6 Å². The van der Waals surface area contributed by atoms with Crippen LogP contribution in [0.25, 0.3) is 5.57 Å². The first-order chi connectivity index (χ1) is 17.9. The highest BCUT2D eigenvalue weighted by Crippen LogP contribution is 2.51. The Morgan fingerprint density at radius 2 is 1.89 bits per heavy atom. The van der Waals surface area contributed by atoms with Gasteiger partial charge in [-0.2, -0.15) is 5.26 Å². The van der Waals surface area contributed by atoms with E-state index in [0.717, 1.165) is 84.0 Å². The molecule has 6 nitrogen and oxygen atoms in total. The standard InChI is InChI=1S/C31H31N3O3/c1-31(2)26-16-28(34-10-8-33(9-11-34)23-18-37-19-23)21(5-4-12-36-3)14-25(26)30(35)29-24-7-6-20(17-32)13-22(24)15-27(29)31/h6-7,13-14,16,23H,8-12,15,18-19H2,1-3H3. The van der Waals surface area contributed by atoms with Gasteiger partial charge in [0.2, 0.25) is 0 Å². The number of nitriles is 1. The van der Waals surface area contributed by atoms with Crippen LogP contribution < -0.4 is 4.90 Å². The molecule has 0 saturated carbocycles. The molecule has 0 amide bonds. The molecule has 0 spiro atoms. The van der Waals surface area contributed by atoms with Gasteiger partial charge in [0, 0.05) is 55.4 Å². The molecule has 37 heavy (non-hydrogen) atoms. The van der Waals surface area contributed by atoms with Crippen molar-refractivity contribution in [2.24, 2.45) is 0 Å². The normalized spacial score (nSPS) is 20.4. The van der Waals surface area contributed by atoms with Crippen LogP contribution >= 0.6 is 0 Å². The second kappa shape index (κ2) is 9.15. The summed E-state index contributed by atoms with van der Waals surface area (Å²) in [6.07, 6.45) is 0.700. The number of anilines is 1. The lowest BCUT2D eigenvalue weighted by Gasteiger charge is -2.44. The van der Waals surface area contributed by atoms with Crippen LogP contribution in [0.2, 0.25) is 0 Å². The molecular formula is C31H31N3O3. The summed E-state index contributed by atoms with van der Waals surface area (Å²) in [7, 11) is 1.64. The molecule has 6 rings (SSSR count). The van der Waals surface area contributed by atoms with Gasteiger partial charge in [-0.05, 0) is 52.9 Å². The highest BCUT2D eigenvalue weighted by molar-refractivity contribution is 6.33. The second-order valence-corrected chi connectivity index (χ2v) is 10.8. The summed E-state index contributed by atoms with van der Waals surface area (Å²) >= 11 is 0. The number of hydrogen-bond donors (Lipinski definition) is 0. The van der Waals surface area contributed by atoms with Gasteiger partial charge in [-0.1, -0.05) is 31.8 Å². The number of ketones is 1. The van der Waals surface area contributed by atoms with Crippen molar-refractivity contribution in [2.45, 2.75) is 31.7 Å². The monoisotopic (exact) mass is 493 g/mol. The Bertz CT molecular complexity index is 1420. The number of benzene rings is 2. The van der Waals surface area contributed by atoms with Crippen molar-refractivity contribution in [1.82, 2.24) is 4.90 Å². The average Bonchev–Trinajstić information content (AvgIpc) is 3.27. The minimum absolute atomic E-state index is 0.0592.